The molecule has 0 saturated carbocycles. The second kappa shape index (κ2) is 5.44. The third-order valence-corrected chi connectivity index (χ3v) is 3.42. The highest BCUT2D eigenvalue weighted by Crippen LogP contribution is 2.11. The number of carbonyl (C=O) groups excluding carboxylic acids is 1. The van der Waals surface area contributed by atoms with Crippen molar-refractivity contribution in [1.29, 1.82) is 0 Å². The highest BCUT2D eigenvalue weighted by atomic mass is 32.2. The molecule has 1 rings (SSSR count). The topological polar surface area (TPSA) is 75.7 Å². The number of sulfone groups is 1. The largest absolute Gasteiger partial charge is 0.444 e. The summed E-state index contributed by atoms with van der Waals surface area (Å²) in [6, 6.07) is -0.221. The molecular formula is C11H22N2O4S. The van der Waals surface area contributed by atoms with Crippen molar-refractivity contribution in [2.24, 2.45) is 0 Å². The van der Waals surface area contributed by atoms with Crippen molar-refractivity contribution in [3.63, 3.8) is 0 Å². The first-order chi connectivity index (χ1) is 8.07. The van der Waals surface area contributed by atoms with Gasteiger partial charge in [0, 0.05) is 31.9 Å². The molecule has 106 valence electrons. The molecule has 6 nitrogen and oxygen atoms in total. The molecule has 0 aromatic carbocycles. The summed E-state index contributed by atoms with van der Waals surface area (Å²) in [5.74, 6) is 0.0340. The number of piperazine rings is 1. The molecule has 1 saturated heterocycles. The van der Waals surface area contributed by atoms with E-state index in [-0.39, 0.29) is 17.9 Å². The zero-order valence-electron chi connectivity index (χ0n) is 11.4. The maximum atomic E-state index is 11.9. The number of carbonyl (C=O) groups is 1. The van der Waals surface area contributed by atoms with Crippen molar-refractivity contribution in [2.75, 3.05) is 31.6 Å². The molecule has 1 fully saturated rings. The number of ether oxygens (including phenoxy) is 1. The van der Waals surface area contributed by atoms with Gasteiger partial charge < -0.3 is 15.0 Å². The molecule has 1 aliphatic rings. The zero-order valence-corrected chi connectivity index (χ0v) is 12.2. The number of hydrogen-bond donors (Lipinski definition) is 1. The maximum absolute atomic E-state index is 11.9. The van der Waals surface area contributed by atoms with Crippen molar-refractivity contribution in [3.8, 4) is 0 Å². The Morgan fingerprint density at radius 3 is 2.56 bits per heavy atom. The van der Waals surface area contributed by atoms with E-state index in [9.17, 15) is 13.2 Å². The average Bonchev–Trinajstić information content (AvgIpc) is 2.12. The van der Waals surface area contributed by atoms with E-state index in [4.69, 9.17) is 4.74 Å². The van der Waals surface area contributed by atoms with Gasteiger partial charge in [0.25, 0.3) is 0 Å². The van der Waals surface area contributed by atoms with E-state index in [1.54, 1.807) is 25.7 Å². The second-order valence-electron chi connectivity index (χ2n) is 5.67. The SMILES string of the molecule is CC(C)(C)OC(=O)N1CCNC(CS(C)(=O)=O)C1. The molecule has 1 aliphatic heterocycles. The summed E-state index contributed by atoms with van der Waals surface area (Å²) in [6.07, 6.45) is 0.809. The van der Waals surface area contributed by atoms with Crippen molar-refractivity contribution >= 4 is 15.9 Å². The minimum absolute atomic E-state index is 0.0340. The predicted octanol–water partition coefficient (Wildman–Crippen LogP) is 0.240. The molecule has 0 radical (unpaired) electrons. The van der Waals surface area contributed by atoms with Gasteiger partial charge in [-0.15, -0.1) is 0 Å². The number of amides is 1. The fourth-order valence-electron chi connectivity index (χ4n) is 1.79. The van der Waals surface area contributed by atoms with Crippen LogP contribution in [-0.2, 0) is 14.6 Å². The Morgan fingerprint density at radius 2 is 2.06 bits per heavy atom. The Kier molecular flexibility index (Phi) is 4.61. The van der Waals surface area contributed by atoms with E-state index in [1.165, 1.54) is 6.26 Å². The lowest BCUT2D eigenvalue weighted by Crippen LogP contribution is -2.55. The van der Waals surface area contributed by atoms with Crippen LogP contribution in [0.3, 0.4) is 0 Å². The number of hydrogen-bond acceptors (Lipinski definition) is 5. The molecule has 0 aliphatic carbocycles. The lowest BCUT2D eigenvalue weighted by molar-refractivity contribution is 0.0202. The molecule has 1 atom stereocenters. The molecular weight excluding hydrogens is 256 g/mol. The third-order valence-electron chi connectivity index (χ3n) is 2.41. The van der Waals surface area contributed by atoms with Gasteiger partial charge in [-0.2, -0.15) is 0 Å². The molecule has 0 spiro atoms. The first-order valence-corrected chi connectivity index (χ1v) is 8.02. The summed E-state index contributed by atoms with van der Waals surface area (Å²) in [5, 5.41) is 3.09. The van der Waals surface area contributed by atoms with Crippen LogP contribution in [-0.4, -0.2) is 62.7 Å². The van der Waals surface area contributed by atoms with E-state index in [2.05, 4.69) is 5.32 Å². The predicted molar refractivity (Wildman–Crippen MR) is 69.3 cm³/mol. The number of rotatable bonds is 2. The van der Waals surface area contributed by atoms with Crippen LogP contribution >= 0.6 is 0 Å². The first-order valence-electron chi connectivity index (χ1n) is 5.96. The minimum Gasteiger partial charge on any atom is -0.444 e. The Hall–Kier alpha value is -0.820. The van der Waals surface area contributed by atoms with Gasteiger partial charge in [-0.1, -0.05) is 0 Å². The normalized spacial score (nSPS) is 21.8. The smallest absolute Gasteiger partial charge is 0.410 e. The van der Waals surface area contributed by atoms with Gasteiger partial charge in [0.2, 0.25) is 0 Å². The van der Waals surface area contributed by atoms with Crippen molar-refractivity contribution in [3.05, 3.63) is 0 Å². The standard InChI is InChI=1S/C11H22N2O4S/c1-11(2,3)17-10(14)13-6-5-12-9(7-13)8-18(4,15)16/h9,12H,5-8H2,1-4H3. The summed E-state index contributed by atoms with van der Waals surface area (Å²) in [6.45, 7) is 6.90. The molecule has 18 heavy (non-hydrogen) atoms. The fraction of sp³-hybridized carbons (Fsp3) is 0.909. The third kappa shape index (κ3) is 5.68. The van der Waals surface area contributed by atoms with Gasteiger partial charge in [-0.3, -0.25) is 0 Å². The van der Waals surface area contributed by atoms with Gasteiger partial charge in [0.05, 0.1) is 5.75 Å². The Morgan fingerprint density at radius 1 is 1.44 bits per heavy atom. The molecule has 1 N–H and O–H groups in total. The summed E-state index contributed by atoms with van der Waals surface area (Å²) >= 11 is 0. The Balaban J connectivity index is 2.56. The monoisotopic (exact) mass is 278 g/mol. The van der Waals surface area contributed by atoms with E-state index < -0.39 is 15.4 Å². The maximum Gasteiger partial charge on any atom is 0.410 e. The molecule has 0 bridgehead atoms. The Bertz CT molecular complexity index is 400. The molecule has 7 heteroatoms. The van der Waals surface area contributed by atoms with Crippen LogP contribution in [0.4, 0.5) is 4.79 Å². The van der Waals surface area contributed by atoms with Crippen LogP contribution in [0, 0.1) is 0 Å². The highest BCUT2D eigenvalue weighted by Gasteiger charge is 2.28. The van der Waals surface area contributed by atoms with E-state index in [0.29, 0.717) is 19.6 Å². The zero-order chi connectivity index (χ0) is 14.0. The number of nitrogens with zero attached hydrogens (tertiary/aromatic N) is 1. The molecule has 1 amide bonds. The first kappa shape index (κ1) is 15.2. The van der Waals surface area contributed by atoms with Gasteiger partial charge in [-0.05, 0) is 20.8 Å². The molecule has 0 aromatic rings. The molecule has 1 unspecified atom stereocenters. The second-order valence-corrected chi connectivity index (χ2v) is 7.85. The van der Waals surface area contributed by atoms with Crippen LogP contribution in [0.2, 0.25) is 0 Å². The van der Waals surface area contributed by atoms with Gasteiger partial charge in [0.15, 0.2) is 0 Å². The van der Waals surface area contributed by atoms with E-state index in [0.717, 1.165) is 0 Å². The van der Waals surface area contributed by atoms with Crippen molar-refractivity contribution in [1.82, 2.24) is 10.2 Å². The summed E-state index contributed by atoms with van der Waals surface area (Å²) in [4.78, 5) is 13.4. The minimum atomic E-state index is -3.05. The van der Waals surface area contributed by atoms with Crippen molar-refractivity contribution < 1.29 is 17.9 Å². The fourth-order valence-corrected chi connectivity index (χ4v) is 2.75. The lowest BCUT2D eigenvalue weighted by Gasteiger charge is -2.34. The van der Waals surface area contributed by atoms with Crippen LogP contribution in [0.1, 0.15) is 20.8 Å². The van der Waals surface area contributed by atoms with E-state index >= 15 is 0 Å². The van der Waals surface area contributed by atoms with Gasteiger partial charge in [-0.25, -0.2) is 13.2 Å². The lowest BCUT2D eigenvalue weighted by atomic mass is 10.2. The highest BCUT2D eigenvalue weighted by molar-refractivity contribution is 7.90. The van der Waals surface area contributed by atoms with Crippen LogP contribution in [0.15, 0.2) is 0 Å². The summed E-state index contributed by atoms with van der Waals surface area (Å²) in [5.41, 5.74) is -0.533. The summed E-state index contributed by atoms with van der Waals surface area (Å²) < 4.78 is 27.7. The Labute approximate surface area is 109 Å². The van der Waals surface area contributed by atoms with Crippen LogP contribution in [0.25, 0.3) is 0 Å². The average molecular weight is 278 g/mol. The quantitative estimate of drug-likeness (QED) is 0.783. The summed E-state index contributed by atoms with van der Waals surface area (Å²) in [7, 11) is -3.05. The van der Waals surface area contributed by atoms with Crippen molar-refractivity contribution in [2.45, 2.75) is 32.4 Å². The van der Waals surface area contributed by atoms with Crippen LogP contribution < -0.4 is 5.32 Å². The van der Waals surface area contributed by atoms with Crippen LogP contribution in [0.5, 0.6) is 0 Å². The molecule has 0 aromatic heterocycles. The van der Waals surface area contributed by atoms with Gasteiger partial charge in [0.1, 0.15) is 15.4 Å². The number of nitrogens with one attached hydrogen (secondary N) is 1. The van der Waals surface area contributed by atoms with Gasteiger partial charge >= 0.3 is 6.09 Å². The van der Waals surface area contributed by atoms with E-state index in [1.807, 2.05) is 0 Å². The molecule has 1 heterocycles.